The molecule has 0 heterocycles. The van der Waals surface area contributed by atoms with Crippen molar-refractivity contribution in [2.45, 2.75) is 51.8 Å². The lowest BCUT2D eigenvalue weighted by Crippen LogP contribution is -2.35. The standard InChI is InChI=1S/C7H8O.C5H12N2.C2H6/c8-6-7-4-2-1-3-5-7;6-4-2-1-3-5(4)7;1-2/h1-5,8H,6H2;4-5H,1-3,6-7H2;1-2H3. The molecule has 3 heteroatoms. The molecule has 2 atom stereocenters. The van der Waals surface area contributed by atoms with Gasteiger partial charge in [-0.3, -0.25) is 0 Å². The molecule has 2 unspecified atom stereocenters. The van der Waals surface area contributed by atoms with Gasteiger partial charge in [0.15, 0.2) is 0 Å². The van der Waals surface area contributed by atoms with E-state index in [4.69, 9.17) is 16.6 Å². The molecule has 98 valence electrons. The SMILES string of the molecule is CC.NC1CCCC1N.OCc1ccccc1. The second kappa shape index (κ2) is 10.3. The van der Waals surface area contributed by atoms with Gasteiger partial charge in [0.1, 0.15) is 0 Å². The first-order chi connectivity index (χ1) is 8.24. The highest BCUT2D eigenvalue weighted by molar-refractivity contribution is 5.12. The van der Waals surface area contributed by atoms with Gasteiger partial charge in [-0.1, -0.05) is 50.6 Å². The topological polar surface area (TPSA) is 72.3 Å². The summed E-state index contributed by atoms with van der Waals surface area (Å²) < 4.78 is 0. The van der Waals surface area contributed by atoms with Crippen LogP contribution < -0.4 is 11.5 Å². The van der Waals surface area contributed by atoms with Gasteiger partial charge in [-0.2, -0.15) is 0 Å². The van der Waals surface area contributed by atoms with E-state index in [2.05, 4.69) is 0 Å². The van der Waals surface area contributed by atoms with Crippen LogP contribution >= 0.6 is 0 Å². The van der Waals surface area contributed by atoms with Gasteiger partial charge in [-0.05, 0) is 18.4 Å². The van der Waals surface area contributed by atoms with E-state index in [1.54, 1.807) is 0 Å². The van der Waals surface area contributed by atoms with Gasteiger partial charge in [0.25, 0.3) is 0 Å². The molecule has 0 aromatic heterocycles. The summed E-state index contributed by atoms with van der Waals surface area (Å²) in [7, 11) is 0. The molecule has 17 heavy (non-hydrogen) atoms. The van der Waals surface area contributed by atoms with E-state index in [-0.39, 0.29) is 6.61 Å². The van der Waals surface area contributed by atoms with Crippen LogP contribution in [0.1, 0.15) is 38.7 Å². The Morgan fingerprint density at radius 2 is 1.53 bits per heavy atom. The van der Waals surface area contributed by atoms with Crippen LogP contribution in [0, 0.1) is 0 Å². The lowest BCUT2D eigenvalue weighted by atomic mass is 10.2. The zero-order valence-corrected chi connectivity index (χ0v) is 11.0. The van der Waals surface area contributed by atoms with Crippen molar-refractivity contribution in [1.82, 2.24) is 0 Å². The van der Waals surface area contributed by atoms with Crippen LogP contribution in [0.5, 0.6) is 0 Å². The van der Waals surface area contributed by atoms with Gasteiger partial charge in [-0.25, -0.2) is 0 Å². The van der Waals surface area contributed by atoms with Gasteiger partial charge in [0.05, 0.1) is 6.61 Å². The molecule has 0 bridgehead atoms. The van der Waals surface area contributed by atoms with Crippen LogP contribution in [0.2, 0.25) is 0 Å². The number of rotatable bonds is 1. The van der Waals surface area contributed by atoms with Gasteiger partial charge in [0, 0.05) is 12.1 Å². The molecule has 1 aromatic carbocycles. The Labute approximate surface area is 105 Å². The molecule has 0 spiro atoms. The number of nitrogens with two attached hydrogens (primary N) is 2. The lowest BCUT2D eigenvalue weighted by Gasteiger charge is -2.05. The molecule has 0 amide bonds. The Morgan fingerprint density at radius 1 is 1.06 bits per heavy atom. The maximum absolute atomic E-state index is 8.54. The van der Waals surface area contributed by atoms with Crippen molar-refractivity contribution in [3.8, 4) is 0 Å². The lowest BCUT2D eigenvalue weighted by molar-refractivity contribution is 0.282. The molecule has 1 aromatic rings. The average Bonchev–Trinajstić information content (AvgIpc) is 2.78. The van der Waals surface area contributed by atoms with E-state index in [9.17, 15) is 0 Å². The number of hydrogen-bond donors (Lipinski definition) is 3. The van der Waals surface area contributed by atoms with Gasteiger partial charge in [-0.15, -0.1) is 0 Å². The predicted octanol–water partition coefficient (Wildman–Crippen LogP) is 2.03. The smallest absolute Gasteiger partial charge is 0.0681 e. The minimum atomic E-state index is 0.140. The van der Waals surface area contributed by atoms with Crippen LogP contribution in [0.4, 0.5) is 0 Å². The number of aliphatic hydroxyl groups is 1. The summed E-state index contributed by atoms with van der Waals surface area (Å²) in [5.74, 6) is 0. The highest BCUT2D eigenvalue weighted by Crippen LogP contribution is 2.13. The van der Waals surface area contributed by atoms with Crippen LogP contribution in [0.3, 0.4) is 0 Å². The molecule has 0 saturated heterocycles. The predicted molar refractivity (Wildman–Crippen MR) is 73.5 cm³/mol. The van der Waals surface area contributed by atoms with Crippen molar-refractivity contribution in [1.29, 1.82) is 0 Å². The minimum absolute atomic E-state index is 0.140. The summed E-state index contributed by atoms with van der Waals surface area (Å²) in [6.07, 6.45) is 3.48. The van der Waals surface area contributed by atoms with Crippen molar-refractivity contribution in [2.75, 3.05) is 0 Å². The second-order valence-corrected chi connectivity index (χ2v) is 3.90. The highest BCUT2D eigenvalue weighted by atomic mass is 16.3. The van der Waals surface area contributed by atoms with Crippen molar-refractivity contribution in [2.24, 2.45) is 11.5 Å². The average molecular weight is 238 g/mol. The molecular weight excluding hydrogens is 212 g/mol. The maximum atomic E-state index is 8.54. The molecular formula is C14H26N2O. The fraction of sp³-hybridized carbons (Fsp3) is 0.571. The van der Waals surface area contributed by atoms with Gasteiger partial charge in [0.2, 0.25) is 0 Å². The maximum Gasteiger partial charge on any atom is 0.0681 e. The monoisotopic (exact) mass is 238 g/mol. The first kappa shape index (κ1) is 16.1. The summed E-state index contributed by atoms with van der Waals surface area (Å²) in [6.45, 7) is 4.14. The third kappa shape index (κ3) is 7.10. The van der Waals surface area contributed by atoms with Crippen LogP contribution in [0.25, 0.3) is 0 Å². The number of hydrogen-bond acceptors (Lipinski definition) is 3. The van der Waals surface area contributed by atoms with E-state index >= 15 is 0 Å². The molecule has 5 N–H and O–H groups in total. The molecule has 2 rings (SSSR count). The molecule has 0 aliphatic heterocycles. The Bertz CT molecular complexity index is 256. The molecule has 1 saturated carbocycles. The Balaban J connectivity index is 0.000000265. The summed E-state index contributed by atoms with van der Waals surface area (Å²) in [4.78, 5) is 0. The van der Waals surface area contributed by atoms with Gasteiger partial charge < -0.3 is 16.6 Å². The zero-order valence-electron chi connectivity index (χ0n) is 11.0. The minimum Gasteiger partial charge on any atom is -0.392 e. The third-order valence-electron chi connectivity index (χ3n) is 2.65. The number of benzene rings is 1. The van der Waals surface area contributed by atoms with E-state index in [1.807, 2.05) is 44.2 Å². The summed E-state index contributed by atoms with van der Waals surface area (Å²) in [5, 5.41) is 8.54. The highest BCUT2D eigenvalue weighted by Gasteiger charge is 2.18. The zero-order chi connectivity index (χ0) is 13.1. The normalized spacial score (nSPS) is 21.9. The Morgan fingerprint density at radius 3 is 1.76 bits per heavy atom. The van der Waals surface area contributed by atoms with Crippen LogP contribution in [-0.2, 0) is 6.61 Å². The van der Waals surface area contributed by atoms with E-state index in [1.165, 1.54) is 6.42 Å². The summed E-state index contributed by atoms with van der Waals surface area (Å²) >= 11 is 0. The van der Waals surface area contributed by atoms with Crippen LogP contribution in [0.15, 0.2) is 30.3 Å². The van der Waals surface area contributed by atoms with Crippen LogP contribution in [-0.4, -0.2) is 17.2 Å². The van der Waals surface area contributed by atoms with E-state index in [0.717, 1.165) is 18.4 Å². The molecule has 3 nitrogen and oxygen atoms in total. The quantitative estimate of drug-likeness (QED) is 0.701. The molecule has 1 aliphatic carbocycles. The van der Waals surface area contributed by atoms with E-state index in [0.29, 0.717) is 12.1 Å². The molecule has 0 radical (unpaired) electrons. The Kier molecular flexibility index (Phi) is 9.72. The first-order valence-electron chi connectivity index (χ1n) is 6.40. The van der Waals surface area contributed by atoms with Crippen molar-refractivity contribution in [3.05, 3.63) is 35.9 Å². The van der Waals surface area contributed by atoms with Crippen molar-refractivity contribution >= 4 is 0 Å². The first-order valence-corrected chi connectivity index (χ1v) is 6.40. The summed E-state index contributed by atoms with van der Waals surface area (Å²) in [5.41, 5.74) is 12.1. The fourth-order valence-corrected chi connectivity index (χ4v) is 1.60. The Hall–Kier alpha value is -0.900. The van der Waals surface area contributed by atoms with E-state index < -0.39 is 0 Å². The third-order valence-corrected chi connectivity index (χ3v) is 2.65. The fourth-order valence-electron chi connectivity index (χ4n) is 1.60. The largest absolute Gasteiger partial charge is 0.392 e. The van der Waals surface area contributed by atoms with Crippen molar-refractivity contribution in [3.63, 3.8) is 0 Å². The summed E-state index contributed by atoms with van der Waals surface area (Å²) in [6, 6.07) is 10.1. The molecule has 1 aliphatic rings. The number of aliphatic hydroxyl groups excluding tert-OH is 1. The molecule has 1 fully saturated rings. The second-order valence-electron chi connectivity index (χ2n) is 3.90. The van der Waals surface area contributed by atoms with Crippen molar-refractivity contribution < 1.29 is 5.11 Å². The van der Waals surface area contributed by atoms with Gasteiger partial charge >= 0.3 is 0 Å².